The summed E-state index contributed by atoms with van der Waals surface area (Å²) in [5.74, 6) is -1.19. The molecular formula is C19H12FN3O5S. The second-order valence-corrected chi connectivity index (χ2v) is 7.07. The van der Waals surface area contributed by atoms with Crippen molar-refractivity contribution >= 4 is 28.8 Å². The van der Waals surface area contributed by atoms with Gasteiger partial charge in [0.25, 0.3) is 17.5 Å². The van der Waals surface area contributed by atoms with Crippen LogP contribution in [0.25, 0.3) is 0 Å². The van der Waals surface area contributed by atoms with E-state index in [-0.39, 0.29) is 30.1 Å². The third-order valence-corrected chi connectivity index (χ3v) is 5.14. The molecule has 2 aromatic carbocycles. The maximum absolute atomic E-state index is 12.9. The molecule has 8 nitrogen and oxygen atoms in total. The topological polar surface area (TPSA) is 103 Å². The summed E-state index contributed by atoms with van der Waals surface area (Å²) in [5.41, 5.74) is -0.114. The van der Waals surface area contributed by atoms with Crippen LogP contribution in [-0.2, 0) is 13.2 Å². The Hall–Kier alpha value is -3.66. The molecule has 29 heavy (non-hydrogen) atoms. The first kappa shape index (κ1) is 18.7. The van der Waals surface area contributed by atoms with Crippen LogP contribution in [0, 0.1) is 15.9 Å². The van der Waals surface area contributed by atoms with Crippen molar-refractivity contribution < 1.29 is 23.6 Å². The number of hydrogen-bond acceptors (Lipinski definition) is 7. The summed E-state index contributed by atoms with van der Waals surface area (Å²) in [6.07, 6.45) is 0. The number of benzene rings is 2. The van der Waals surface area contributed by atoms with Gasteiger partial charge in [-0.2, -0.15) is 0 Å². The van der Waals surface area contributed by atoms with Crippen LogP contribution >= 0.6 is 11.3 Å². The lowest BCUT2D eigenvalue weighted by Gasteiger charge is -2.11. The number of nitro benzene ring substituents is 1. The Labute approximate surface area is 167 Å². The first-order chi connectivity index (χ1) is 13.9. The van der Waals surface area contributed by atoms with E-state index in [0.29, 0.717) is 16.5 Å². The van der Waals surface area contributed by atoms with Gasteiger partial charge in [-0.3, -0.25) is 24.6 Å². The third kappa shape index (κ3) is 3.57. The molecule has 2 amide bonds. The summed E-state index contributed by atoms with van der Waals surface area (Å²) in [7, 11) is 0. The normalized spacial score (nSPS) is 12.9. The molecule has 1 aliphatic heterocycles. The molecule has 0 unspecified atom stereocenters. The highest BCUT2D eigenvalue weighted by Crippen LogP contribution is 2.31. The number of halogens is 1. The van der Waals surface area contributed by atoms with Gasteiger partial charge in [-0.25, -0.2) is 9.37 Å². The molecule has 1 aromatic heterocycles. The van der Waals surface area contributed by atoms with Crippen LogP contribution < -0.4 is 4.74 Å². The minimum absolute atomic E-state index is 0.0132. The average molecular weight is 413 g/mol. The summed E-state index contributed by atoms with van der Waals surface area (Å²) in [6.45, 7) is 0.0421. The van der Waals surface area contributed by atoms with Crippen molar-refractivity contribution in [1.82, 2.24) is 9.88 Å². The number of hydrogen-bond donors (Lipinski definition) is 0. The molecule has 0 bridgehead atoms. The molecule has 146 valence electrons. The maximum atomic E-state index is 12.9. The van der Waals surface area contributed by atoms with E-state index < -0.39 is 22.4 Å². The summed E-state index contributed by atoms with van der Waals surface area (Å²) in [6, 6.07) is 9.52. The van der Waals surface area contributed by atoms with Gasteiger partial charge in [-0.05, 0) is 30.3 Å². The second kappa shape index (κ2) is 7.40. The SMILES string of the molecule is O=C1c2cccc([N+](=O)[O-])c2C(=O)N1Cc1csc(COc2ccc(F)cc2)n1. The fourth-order valence-electron chi connectivity index (χ4n) is 2.94. The average Bonchev–Trinajstić information content (AvgIpc) is 3.26. The van der Waals surface area contributed by atoms with Crippen molar-refractivity contribution in [1.29, 1.82) is 0 Å². The quantitative estimate of drug-likeness (QED) is 0.348. The Bertz CT molecular complexity index is 1130. The fraction of sp³-hybridized carbons (Fsp3) is 0.105. The van der Waals surface area contributed by atoms with Crippen molar-refractivity contribution in [3.63, 3.8) is 0 Å². The lowest BCUT2D eigenvalue weighted by Crippen LogP contribution is -2.29. The van der Waals surface area contributed by atoms with E-state index in [4.69, 9.17) is 4.74 Å². The van der Waals surface area contributed by atoms with Crippen LogP contribution in [0.15, 0.2) is 47.8 Å². The number of fused-ring (bicyclic) bond motifs is 1. The lowest BCUT2D eigenvalue weighted by molar-refractivity contribution is -0.385. The highest BCUT2D eigenvalue weighted by molar-refractivity contribution is 7.09. The van der Waals surface area contributed by atoms with Gasteiger partial charge in [0, 0.05) is 11.4 Å². The Kier molecular flexibility index (Phi) is 4.77. The zero-order valence-corrected chi connectivity index (χ0v) is 15.5. The summed E-state index contributed by atoms with van der Waals surface area (Å²) in [5, 5.41) is 13.5. The zero-order valence-electron chi connectivity index (χ0n) is 14.7. The molecule has 0 aliphatic carbocycles. The largest absolute Gasteiger partial charge is 0.486 e. The zero-order chi connectivity index (χ0) is 20.5. The first-order valence-corrected chi connectivity index (χ1v) is 9.27. The molecule has 0 saturated heterocycles. The van der Waals surface area contributed by atoms with Gasteiger partial charge in [0.05, 0.1) is 22.7 Å². The number of carbonyl (C=O) groups excluding carboxylic acids is 2. The van der Waals surface area contributed by atoms with Gasteiger partial charge < -0.3 is 4.74 Å². The molecule has 0 atom stereocenters. The summed E-state index contributed by atoms with van der Waals surface area (Å²) < 4.78 is 18.4. The van der Waals surface area contributed by atoms with Crippen LogP contribution in [0.2, 0.25) is 0 Å². The second-order valence-electron chi connectivity index (χ2n) is 6.13. The molecule has 0 saturated carbocycles. The number of aromatic nitrogens is 1. The molecule has 2 heterocycles. The molecule has 3 aromatic rings. The molecule has 0 fully saturated rings. The van der Waals surface area contributed by atoms with Gasteiger partial charge >= 0.3 is 0 Å². The van der Waals surface area contributed by atoms with Crippen LogP contribution in [0.1, 0.15) is 31.4 Å². The minimum Gasteiger partial charge on any atom is -0.486 e. The smallest absolute Gasteiger partial charge is 0.282 e. The number of carbonyl (C=O) groups is 2. The number of imide groups is 1. The summed E-state index contributed by atoms with van der Waals surface area (Å²) >= 11 is 1.28. The van der Waals surface area contributed by atoms with E-state index in [1.807, 2.05) is 0 Å². The number of ether oxygens (including phenoxy) is 1. The van der Waals surface area contributed by atoms with E-state index in [9.17, 15) is 24.1 Å². The van der Waals surface area contributed by atoms with E-state index in [2.05, 4.69) is 4.98 Å². The summed E-state index contributed by atoms with van der Waals surface area (Å²) in [4.78, 5) is 40.9. The minimum atomic E-state index is -0.714. The number of nitrogens with zero attached hydrogens (tertiary/aromatic N) is 3. The molecular weight excluding hydrogens is 401 g/mol. The molecule has 10 heteroatoms. The number of nitro groups is 1. The molecule has 4 rings (SSSR count). The van der Waals surface area contributed by atoms with Gasteiger partial charge in [-0.15, -0.1) is 11.3 Å². The van der Waals surface area contributed by atoms with Gasteiger partial charge in [0.1, 0.15) is 28.7 Å². The van der Waals surface area contributed by atoms with Gasteiger partial charge in [-0.1, -0.05) is 6.07 Å². The van der Waals surface area contributed by atoms with Crippen LogP contribution in [-0.4, -0.2) is 26.6 Å². The lowest BCUT2D eigenvalue weighted by atomic mass is 10.1. The number of amides is 2. The highest BCUT2D eigenvalue weighted by Gasteiger charge is 2.41. The Morgan fingerprint density at radius 3 is 2.62 bits per heavy atom. The Morgan fingerprint density at radius 1 is 1.14 bits per heavy atom. The molecule has 0 N–H and O–H groups in total. The Morgan fingerprint density at radius 2 is 1.90 bits per heavy atom. The van der Waals surface area contributed by atoms with E-state index in [1.54, 1.807) is 5.38 Å². The van der Waals surface area contributed by atoms with Crippen molar-refractivity contribution in [3.8, 4) is 5.75 Å². The first-order valence-electron chi connectivity index (χ1n) is 8.39. The van der Waals surface area contributed by atoms with Crippen molar-refractivity contribution in [3.05, 3.63) is 85.6 Å². The van der Waals surface area contributed by atoms with Crippen molar-refractivity contribution in [2.75, 3.05) is 0 Å². The predicted octanol–water partition coefficient (Wildman–Crippen LogP) is 3.57. The molecule has 0 radical (unpaired) electrons. The third-order valence-electron chi connectivity index (χ3n) is 4.27. The van der Waals surface area contributed by atoms with Crippen molar-refractivity contribution in [2.45, 2.75) is 13.2 Å². The molecule has 1 aliphatic rings. The Balaban J connectivity index is 1.47. The van der Waals surface area contributed by atoms with E-state index in [0.717, 1.165) is 4.90 Å². The van der Waals surface area contributed by atoms with Crippen LogP contribution in [0.3, 0.4) is 0 Å². The monoisotopic (exact) mass is 413 g/mol. The number of rotatable bonds is 6. The van der Waals surface area contributed by atoms with Gasteiger partial charge in [0.2, 0.25) is 0 Å². The van der Waals surface area contributed by atoms with Gasteiger partial charge in [0.15, 0.2) is 0 Å². The van der Waals surface area contributed by atoms with Crippen LogP contribution in [0.4, 0.5) is 10.1 Å². The predicted molar refractivity (Wildman–Crippen MR) is 100 cm³/mol. The van der Waals surface area contributed by atoms with E-state index in [1.165, 1.54) is 53.8 Å². The standard InChI is InChI=1S/C19H12FN3O5S/c20-11-4-6-13(7-5-11)28-9-16-21-12(10-29-16)8-22-18(24)14-2-1-3-15(23(26)27)17(14)19(22)25/h1-7,10H,8-9H2. The van der Waals surface area contributed by atoms with Crippen LogP contribution in [0.5, 0.6) is 5.75 Å². The van der Waals surface area contributed by atoms with Crippen molar-refractivity contribution in [2.24, 2.45) is 0 Å². The maximum Gasteiger partial charge on any atom is 0.282 e. The fourth-order valence-corrected chi connectivity index (χ4v) is 3.63. The molecule has 0 spiro atoms. The van der Waals surface area contributed by atoms with E-state index >= 15 is 0 Å². The highest BCUT2D eigenvalue weighted by atomic mass is 32.1. The number of thiazole rings is 1.